The number of anilines is 2. The summed E-state index contributed by atoms with van der Waals surface area (Å²) >= 11 is 0. The molecule has 33 heavy (non-hydrogen) atoms. The average Bonchev–Trinajstić information content (AvgIpc) is 3.50. The zero-order chi connectivity index (χ0) is 23.0. The number of piperazine rings is 1. The van der Waals surface area contributed by atoms with Crippen molar-refractivity contribution in [1.82, 2.24) is 24.6 Å². The van der Waals surface area contributed by atoms with Gasteiger partial charge in [-0.05, 0) is 25.0 Å². The molecule has 2 aromatic heterocycles. The Balaban J connectivity index is 1.42. The van der Waals surface area contributed by atoms with E-state index in [2.05, 4.69) is 14.8 Å². The molecule has 1 aromatic carbocycles. The molecule has 0 bridgehead atoms. The molecule has 1 N–H and O–H groups in total. The number of ether oxygens (including phenoxy) is 1. The lowest BCUT2D eigenvalue weighted by Crippen LogP contribution is -2.51. The molecule has 2 aliphatic rings. The van der Waals surface area contributed by atoms with Gasteiger partial charge in [0, 0.05) is 46.0 Å². The Bertz CT molecular complexity index is 1280. The van der Waals surface area contributed by atoms with Gasteiger partial charge >= 0.3 is 0 Å². The van der Waals surface area contributed by atoms with Crippen molar-refractivity contribution in [2.75, 3.05) is 42.4 Å². The number of fused-ring (bicyclic) bond motifs is 1. The van der Waals surface area contributed by atoms with E-state index in [1.54, 1.807) is 18.0 Å². The number of carbonyl (C=O) groups is 1. The number of rotatable bonds is 5. The van der Waals surface area contributed by atoms with Crippen molar-refractivity contribution in [2.45, 2.75) is 23.8 Å². The van der Waals surface area contributed by atoms with E-state index >= 15 is 0 Å². The molecule has 0 aliphatic carbocycles. The van der Waals surface area contributed by atoms with E-state index < -0.39 is 10.0 Å². The summed E-state index contributed by atoms with van der Waals surface area (Å²) in [7, 11) is -2.25. The number of amides is 1. The number of benzene rings is 1. The highest BCUT2D eigenvalue weighted by atomic mass is 32.2. The van der Waals surface area contributed by atoms with Crippen LogP contribution in [0.25, 0.3) is 11.0 Å². The van der Waals surface area contributed by atoms with E-state index in [0.29, 0.717) is 49.6 Å². The molecule has 12 heteroatoms. The van der Waals surface area contributed by atoms with E-state index in [1.807, 2.05) is 23.1 Å². The minimum atomic E-state index is -3.90. The van der Waals surface area contributed by atoms with Crippen LogP contribution in [0.4, 0.5) is 11.6 Å². The summed E-state index contributed by atoms with van der Waals surface area (Å²) in [5.41, 5.74) is 1.24. The van der Waals surface area contributed by atoms with Crippen LogP contribution in [0, 0.1) is 0 Å². The van der Waals surface area contributed by atoms with Crippen molar-refractivity contribution in [2.24, 2.45) is 7.05 Å². The van der Waals surface area contributed by atoms with Crippen LogP contribution in [0.15, 0.2) is 41.6 Å². The van der Waals surface area contributed by atoms with E-state index in [-0.39, 0.29) is 22.7 Å². The van der Waals surface area contributed by atoms with E-state index in [4.69, 9.17) is 9.72 Å². The monoisotopic (exact) mass is 471 g/mol. The number of hydrogen-bond donors (Lipinski definition) is 1. The fraction of sp³-hybridized carbons (Fsp3) is 0.429. The summed E-state index contributed by atoms with van der Waals surface area (Å²) in [6.45, 7) is 2.65. The summed E-state index contributed by atoms with van der Waals surface area (Å²) < 4.78 is 35.5. The van der Waals surface area contributed by atoms with Crippen LogP contribution in [0.3, 0.4) is 0 Å². The highest BCUT2D eigenvalue weighted by Gasteiger charge is 2.32. The summed E-state index contributed by atoms with van der Waals surface area (Å²) in [4.78, 5) is 25.8. The van der Waals surface area contributed by atoms with Crippen molar-refractivity contribution in [3.63, 3.8) is 0 Å². The minimum absolute atomic E-state index is 0.0225. The molecule has 0 radical (unpaired) electrons. The largest absolute Gasteiger partial charge is 0.368 e. The maximum Gasteiger partial charge on any atom is 0.266 e. The number of aromatic nitrogens is 4. The minimum Gasteiger partial charge on any atom is -0.368 e. The highest BCUT2D eigenvalue weighted by Crippen LogP contribution is 2.28. The van der Waals surface area contributed by atoms with Crippen molar-refractivity contribution in [3.8, 4) is 0 Å². The van der Waals surface area contributed by atoms with Gasteiger partial charge in [0.1, 0.15) is 11.0 Å². The molecule has 5 rings (SSSR count). The number of para-hydroxylation sites is 2. The maximum atomic E-state index is 13.0. The summed E-state index contributed by atoms with van der Waals surface area (Å²) in [6, 6.07) is 7.30. The van der Waals surface area contributed by atoms with Crippen molar-refractivity contribution in [1.29, 1.82) is 0 Å². The molecule has 2 saturated heterocycles. The average molecular weight is 472 g/mol. The van der Waals surface area contributed by atoms with Crippen LogP contribution >= 0.6 is 0 Å². The van der Waals surface area contributed by atoms with Gasteiger partial charge in [0.15, 0.2) is 11.6 Å². The summed E-state index contributed by atoms with van der Waals surface area (Å²) in [5.74, 6) is 0.607. The molecule has 1 amide bonds. The molecule has 4 heterocycles. The fourth-order valence-corrected chi connectivity index (χ4v) is 5.10. The summed E-state index contributed by atoms with van der Waals surface area (Å²) in [5, 5.41) is 3.95. The quantitative estimate of drug-likeness (QED) is 0.585. The first-order valence-electron chi connectivity index (χ1n) is 10.8. The van der Waals surface area contributed by atoms with Crippen LogP contribution < -0.4 is 9.62 Å². The molecule has 11 nitrogen and oxygen atoms in total. The third kappa shape index (κ3) is 4.35. The SMILES string of the molecule is Cn1cc(S(=O)(=O)Nc2nc3ccccc3nc2N2CCN(C(=O)C3CCCO3)CC2)cn1. The van der Waals surface area contributed by atoms with Gasteiger partial charge in [0.25, 0.3) is 15.9 Å². The molecular formula is C21H25N7O4S. The van der Waals surface area contributed by atoms with Gasteiger partial charge in [-0.2, -0.15) is 5.10 Å². The Labute approximate surface area is 191 Å². The van der Waals surface area contributed by atoms with Gasteiger partial charge in [-0.1, -0.05) is 12.1 Å². The Kier molecular flexibility index (Phi) is 5.62. The van der Waals surface area contributed by atoms with E-state index in [0.717, 1.165) is 12.8 Å². The molecule has 2 fully saturated rings. The van der Waals surface area contributed by atoms with Gasteiger partial charge in [0.05, 0.1) is 17.2 Å². The number of nitrogens with zero attached hydrogens (tertiary/aromatic N) is 6. The Hall–Kier alpha value is -3.25. The zero-order valence-electron chi connectivity index (χ0n) is 18.2. The highest BCUT2D eigenvalue weighted by molar-refractivity contribution is 7.92. The van der Waals surface area contributed by atoms with Crippen molar-refractivity contribution < 1.29 is 17.9 Å². The molecule has 1 atom stereocenters. The predicted molar refractivity (Wildman–Crippen MR) is 121 cm³/mol. The van der Waals surface area contributed by atoms with Crippen LogP contribution in [0.2, 0.25) is 0 Å². The Morgan fingerprint density at radius 3 is 2.48 bits per heavy atom. The lowest BCUT2D eigenvalue weighted by Gasteiger charge is -2.36. The lowest BCUT2D eigenvalue weighted by atomic mass is 10.2. The summed E-state index contributed by atoms with van der Waals surface area (Å²) in [6.07, 6.45) is 4.02. The van der Waals surface area contributed by atoms with Crippen molar-refractivity contribution >= 4 is 38.6 Å². The first-order valence-corrected chi connectivity index (χ1v) is 12.3. The Morgan fingerprint density at radius 1 is 1.12 bits per heavy atom. The van der Waals surface area contributed by atoms with Gasteiger partial charge in [-0.15, -0.1) is 0 Å². The standard InChI is InChI=1S/C21H25N7O4S/c1-26-14-15(13-22-26)33(30,31)25-19-20(24-17-6-3-2-5-16(17)23-19)27-8-10-28(11-9-27)21(29)18-7-4-12-32-18/h2-3,5-6,13-14,18H,4,7-12H2,1H3,(H,23,25). The second kappa shape index (κ2) is 8.60. The van der Waals surface area contributed by atoms with Crippen LogP contribution in [-0.2, 0) is 26.6 Å². The third-order valence-electron chi connectivity index (χ3n) is 5.87. The Morgan fingerprint density at radius 2 is 1.85 bits per heavy atom. The molecule has 0 saturated carbocycles. The molecule has 2 aliphatic heterocycles. The predicted octanol–water partition coefficient (Wildman–Crippen LogP) is 0.992. The first kappa shape index (κ1) is 21.6. The van der Waals surface area contributed by atoms with Crippen LogP contribution in [0.1, 0.15) is 12.8 Å². The van der Waals surface area contributed by atoms with Gasteiger partial charge in [-0.3, -0.25) is 14.2 Å². The molecular weight excluding hydrogens is 446 g/mol. The third-order valence-corrected chi connectivity index (χ3v) is 7.16. The number of nitrogens with one attached hydrogen (secondary N) is 1. The molecule has 0 spiro atoms. The van der Waals surface area contributed by atoms with Crippen LogP contribution in [0.5, 0.6) is 0 Å². The number of hydrogen-bond acceptors (Lipinski definition) is 8. The van der Waals surface area contributed by atoms with Gasteiger partial charge in [-0.25, -0.2) is 18.4 Å². The normalized spacial score (nSPS) is 19.2. The fourth-order valence-electron chi connectivity index (χ4n) is 4.12. The smallest absolute Gasteiger partial charge is 0.266 e. The maximum absolute atomic E-state index is 13.0. The molecule has 174 valence electrons. The number of carbonyl (C=O) groups excluding carboxylic acids is 1. The second-order valence-electron chi connectivity index (χ2n) is 8.15. The first-order chi connectivity index (χ1) is 15.9. The number of sulfonamides is 1. The topological polar surface area (TPSA) is 123 Å². The second-order valence-corrected chi connectivity index (χ2v) is 9.84. The van der Waals surface area contributed by atoms with E-state index in [1.165, 1.54) is 17.1 Å². The number of aryl methyl sites for hydroxylation is 1. The van der Waals surface area contributed by atoms with Crippen LogP contribution in [-0.4, -0.2) is 77.9 Å². The van der Waals surface area contributed by atoms with Gasteiger partial charge in [0.2, 0.25) is 0 Å². The molecule has 3 aromatic rings. The van der Waals surface area contributed by atoms with E-state index in [9.17, 15) is 13.2 Å². The van der Waals surface area contributed by atoms with Crippen molar-refractivity contribution in [3.05, 3.63) is 36.7 Å². The van der Waals surface area contributed by atoms with Gasteiger partial charge < -0.3 is 14.5 Å². The molecule has 1 unspecified atom stereocenters. The zero-order valence-corrected chi connectivity index (χ0v) is 19.0. The lowest BCUT2D eigenvalue weighted by molar-refractivity contribution is -0.141.